The molecule has 1 atom stereocenters. The van der Waals surface area contributed by atoms with Crippen molar-refractivity contribution in [2.24, 2.45) is 0 Å². The number of likely N-dealkylation sites (N-methyl/N-ethyl adjacent to an activating group) is 1. The molecule has 8 nitrogen and oxygen atoms in total. The Morgan fingerprint density at radius 2 is 1.81 bits per heavy atom. The molecule has 0 N–H and O–H groups in total. The van der Waals surface area contributed by atoms with Crippen LogP contribution in [0.1, 0.15) is 28.8 Å². The normalized spacial score (nSPS) is 19.6. The van der Waals surface area contributed by atoms with Gasteiger partial charge in [-0.2, -0.15) is 5.10 Å². The predicted molar refractivity (Wildman–Crippen MR) is 121 cm³/mol. The van der Waals surface area contributed by atoms with E-state index in [9.17, 15) is 9.59 Å². The fraction of sp³-hybridized carbons (Fsp3) is 0.417. The molecule has 2 fully saturated rings. The van der Waals surface area contributed by atoms with Gasteiger partial charge in [0.1, 0.15) is 6.04 Å². The first-order valence-electron chi connectivity index (χ1n) is 11.2. The van der Waals surface area contributed by atoms with Crippen LogP contribution in [0.25, 0.3) is 11.0 Å². The molecule has 2 amide bonds. The van der Waals surface area contributed by atoms with E-state index in [0.717, 1.165) is 55.6 Å². The largest absolute Gasteiger partial charge is 0.338 e. The average molecular weight is 433 g/mol. The minimum Gasteiger partial charge on any atom is -0.338 e. The molecule has 0 spiro atoms. The number of fused-ring (bicyclic) bond motifs is 1. The highest BCUT2D eigenvalue weighted by atomic mass is 16.2. The highest BCUT2D eigenvalue weighted by molar-refractivity contribution is 5.99. The van der Waals surface area contributed by atoms with E-state index in [0.29, 0.717) is 18.7 Å². The van der Waals surface area contributed by atoms with E-state index in [1.165, 1.54) is 0 Å². The van der Waals surface area contributed by atoms with Gasteiger partial charge in [0.25, 0.3) is 5.91 Å². The van der Waals surface area contributed by atoms with Gasteiger partial charge in [0, 0.05) is 44.3 Å². The summed E-state index contributed by atoms with van der Waals surface area (Å²) in [6.07, 6.45) is 4.94. The summed E-state index contributed by atoms with van der Waals surface area (Å²) in [5.41, 5.74) is 2.40. The molecule has 166 valence electrons. The lowest BCUT2D eigenvalue weighted by Crippen LogP contribution is -2.53. The molecule has 1 aromatic carbocycles. The Morgan fingerprint density at radius 1 is 1.03 bits per heavy atom. The van der Waals surface area contributed by atoms with Crippen LogP contribution in [0, 0.1) is 0 Å². The van der Waals surface area contributed by atoms with Gasteiger partial charge in [0.05, 0.1) is 18.3 Å². The number of nitrogens with zero attached hydrogens (tertiary/aromatic N) is 6. The average Bonchev–Trinajstić information content (AvgIpc) is 3.47. The third-order valence-corrected chi connectivity index (χ3v) is 6.51. The van der Waals surface area contributed by atoms with Gasteiger partial charge >= 0.3 is 0 Å². The van der Waals surface area contributed by atoms with E-state index in [2.05, 4.69) is 34.2 Å². The number of hydrogen-bond acceptors (Lipinski definition) is 5. The summed E-state index contributed by atoms with van der Waals surface area (Å²) in [5.74, 6) is -0.0474. The second-order valence-corrected chi connectivity index (χ2v) is 8.71. The summed E-state index contributed by atoms with van der Waals surface area (Å²) in [6, 6.07) is 11.6. The van der Waals surface area contributed by atoms with Crippen molar-refractivity contribution < 1.29 is 9.59 Å². The van der Waals surface area contributed by atoms with Gasteiger partial charge in [-0.15, -0.1) is 0 Å². The maximum absolute atomic E-state index is 13.3. The zero-order valence-electron chi connectivity index (χ0n) is 18.4. The predicted octanol–water partition coefficient (Wildman–Crippen LogP) is 1.86. The minimum atomic E-state index is -0.373. The Bertz CT molecular complexity index is 1120. The SMILES string of the molecule is CN1CCN(C(=O)C2CCCN2C(=O)c2cnc3c(cnn3Cc3ccccc3)c2)CC1. The summed E-state index contributed by atoms with van der Waals surface area (Å²) in [7, 11) is 2.07. The molecule has 0 bridgehead atoms. The maximum atomic E-state index is 13.3. The van der Waals surface area contributed by atoms with E-state index < -0.39 is 0 Å². The quantitative estimate of drug-likeness (QED) is 0.629. The van der Waals surface area contributed by atoms with Crippen LogP contribution in [0.5, 0.6) is 0 Å². The van der Waals surface area contributed by atoms with E-state index in [1.54, 1.807) is 17.3 Å². The van der Waals surface area contributed by atoms with Crippen LogP contribution in [0.4, 0.5) is 0 Å². The summed E-state index contributed by atoms with van der Waals surface area (Å²) in [5, 5.41) is 5.29. The van der Waals surface area contributed by atoms with Gasteiger partial charge in [0.15, 0.2) is 5.65 Å². The summed E-state index contributed by atoms with van der Waals surface area (Å²) >= 11 is 0. The molecule has 0 saturated carbocycles. The summed E-state index contributed by atoms with van der Waals surface area (Å²) in [6.45, 7) is 4.43. The molecule has 1 unspecified atom stereocenters. The topological polar surface area (TPSA) is 74.6 Å². The number of benzene rings is 1. The van der Waals surface area contributed by atoms with Crippen LogP contribution >= 0.6 is 0 Å². The van der Waals surface area contributed by atoms with Crippen molar-refractivity contribution in [2.75, 3.05) is 39.8 Å². The zero-order valence-corrected chi connectivity index (χ0v) is 18.4. The number of hydrogen-bond donors (Lipinski definition) is 0. The van der Waals surface area contributed by atoms with Crippen molar-refractivity contribution in [1.82, 2.24) is 29.5 Å². The second kappa shape index (κ2) is 8.70. The van der Waals surface area contributed by atoms with Gasteiger partial charge in [-0.05, 0) is 31.5 Å². The first kappa shape index (κ1) is 20.6. The molecule has 4 heterocycles. The van der Waals surface area contributed by atoms with Crippen molar-refractivity contribution in [1.29, 1.82) is 0 Å². The molecule has 8 heteroatoms. The van der Waals surface area contributed by atoms with Crippen LogP contribution in [0.15, 0.2) is 48.8 Å². The van der Waals surface area contributed by atoms with Crippen LogP contribution in [0.3, 0.4) is 0 Å². The minimum absolute atomic E-state index is 0.0775. The van der Waals surface area contributed by atoms with Gasteiger partial charge in [0.2, 0.25) is 5.91 Å². The highest BCUT2D eigenvalue weighted by Crippen LogP contribution is 2.24. The van der Waals surface area contributed by atoms with E-state index >= 15 is 0 Å². The smallest absolute Gasteiger partial charge is 0.256 e. The molecule has 2 aliphatic heterocycles. The van der Waals surface area contributed by atoms with Gasteiger partial charge in [-0.25, -0.2) is 9.67 Å². The van der Waals surface area contributed by atoms with Crippen molar-refractivity contribution in [3.8, 4) is 0 Å². The Balaban J connectivity index is 1.33. The molecular formula is C24H28N6O2. The lowest BCUT2D eigenvalue weighted by molar-refractivity contribution is -0.136. The fourth-order valence-electron chi connectivity index (χ4n) is 4.63. The molecule has 5 rings (SSSR count). The van der Waals surface area contributed by atoms with Gasteiger partial charge in [-0.1, -0.05) is 30.3 Å². The van der Waals surface area contributed by atoms with Crippen molar-refractivity contribution in [2.45, 2.75) is 25.4 Å². The second-order valence-electron chi connectivity index (χ2n) is 8.71. The van der Waals surface area contributed by atoms with Crippen molar-refractivity contribution >= 4 is 22.8 Å². The maximum Gasteiger partial charge on any atom is 0.256 e. The van der Waals surface area contributed by atoms with Crippen LogP contribution < -0.4 is 0 Å². The number of carbonyl (C=O) groups is 2. The van der Waals surface area contributed by atoms with Gasteiger partial charge in [-0.3, -0.25) is 9.59 Å². The molecule has 3 aromatic rings. The van der Waals surface area contributed by atoms with Gasteiger partial charge < -0.3 is 14.7 Å². The van der Waals surface area contributed by atoms with Crippen LogP contribution in [-0.2, 0) is 11.3 Å². The number of likely N-dealkylation sites (tertiary alicyclic amines) is 1. The van der Waals surface area contributed by atoms with E-state index in [4.69, 9.17) is 0 Å². The molecule has 0 radical (unpaired) electrons. The van der Waals surface area contributed by atoms with E-state index in [1.807, 2.05) is 33.8 Å². The van der Waals surface area contributed by atoms with Crippen LogP contribution in [0.2, 0.25) is 0 Å². The number of piperazine rings is 1. The Hall–Kier alpha value is -3.26. The standard InChI is InChI=1S/C24H28N6O2/c1-27-10-12-28(13-11-27)24(32)21-8-5-9-29(21)23(31)20-14-19-16-26-30(22(19)25-15-20)17-18-6-3-2-4-7-18/h2-4,6-7,14-16,21H,5,8-13,17H2,1H3. The third-order valence-electron chi connectivity index (χ3n) is 6.51. The zero-order chi connectivity index (χ0) is 22.1. The first-order chi connectivity index (χ1) is 15.6. The molecule has 0 aliphatic carbocycles. The van der Waals surface area contributed by atoms with Crippen molar-refractivity contribution in [3.05, 3.63) is 59.9 Å². The number of carbonyl (C=O) groups excluding carboxylic acids is 2. The summed E-state index contributed by atoms with van der Waals surface area (Å²) in [4.78, 5) is 36.9. The monoisotopic (exact) mass is 432 g/mol. The number of rotatable bonds is 4. The molecule has 2 aromatic heterocycles. The van der Waals surface area contributed by atoms with E-state index in [-0.39, 0.29) is 17.9 Å². The lowest BCUT2D eigenvalue weighted by Gasteiger charge is -2.35. The summed E-state index contributed by atoms with van der Waals surface area (Å²) < 4.78 is 1.84. The third kappa shape index (κ3) is 3.98. The Morgan fingerprint density at radius 3 is 2.59 bits per heavy atom. The number of aromatic nitrogens is 3. The highest BCUT2D eigenvalue weighted by Gasteiger charge is 2.37. The van der Waals surface area contributed by atoms with Crippen LogP contribution in [-0.4, -0.2) is 87.1 Å². The lowest BCUT2D eigenvalue weighted by atomic mass is 10.1. The fourth-order valence-corrected chi connectivity index (χ4v) is 4.63. The number of amides is 2. The van der Waals surface area contributed by atoms with Crippen molar-refractivity contribution in [3.63, 3.8) is 0 Å². The molecule has 32 heavy (non-hydrogen) atoms. The molecule has 2 saturated heterocycles. The Labute approximate surface area is 187 Å². The Kier molecular flexibility index (Phi) is 5.61. The first-order valence-corrected chi connectivity index (χ1v) is 11.2. The number of pyridine rings is 1. The molecule has 2 aliphatic rings. The molecular weight excluding hydrogens is 404 g/mol.